The number of carbonyl (C=O) groups is 1. The van der Waals surface area contributed by atoms with E-state index < -0.39 is 20.3 Å². The number of allylic oxidation sites excluding steroid dienone is 1. The fraction of sp³-hybridized carbons (Fsp3) is 0.769. The molecular weight excluding hydrogens is 232 g/mol. The Bertz CT molecular complexity index is 350. The third kappa shape index (κ3) is 2.54. The van der Waals surface area contributed by atoms with Gasteiger partial charge in [0.2, 0.25) is 0 Å². The maximum absolute atomic E-state index is 12.3. The standard InChI is InChI=1S/C13H24O3Si/c1-7-10(8(2)14)11(9(3)15)13(12(7)16)17(4,5)6/h7-10,14-15H,1-6H3/t7?,8-,9-,10?/m0/s1. The zero-order chi connectivity index (χ0) is 13.5. The quantitative estimate of drug-likeness (QED) is 0.757. The highest BCUT2D eigenvalue weighted by Crippen LogP contribution is 2.41. The van der Waals surface area contributed by atoms with Crippen LogP contribution in [-0.4, -0.2) is 36.3 Å². The Kier molecular flexibility index (Phi) is 4.01. The molecule has 0 aromatic heterocycles. The van der Waals surface area contributed by atoms with Gasteiger partial charge in [0.25, 0.3) is 0 Å². The molecule has 0 heterocycles. The third-order valence-electron chi connectivity index (χ3n) is 3.57. The second kappa shape index (κ2) is 4.67. The molecule has 0 saturated heterocycles. The molecule has 2 N–H and O–H groups in total. The molecular formula is C13H24O3Si. The molecule has 2 unspecified atom stereocenters. The van der Waals surface area contributed by atoms with Crippen molar-refractivity contribution in [2.45, 2.75) is 52.6 Å². The Morgan fingerprint density at radius 1 is 1.18 bits per heavy atom. The van der Waals surface area contributed by atoms with E-state index in [1.807, 2.05) is 6.92 Å². The van der Waals surface area contributed by atoms with Gasteiger partial charge < -0.3 is 10.2 Å². The molecule has 4 atom stereocenters. The van der Waals surface area contributed by atoms with Crippen molar-refractivity contribution in [1.82, 2.24) is 0 Å². The highest BCUT2D eigenvalue weighted by Gasteiger charge is 2.46. The first-order valence-electron chi connectivity index (χ1n) is 6.24. The van der Waals surface area contributed by atoms with Gasteiger partial charge in [-0.25, -0.2) is 0 Å². The second-order valence-corrected chi connectivity index (χ2v) is 11.2. The summed E-state index contributed by atoms with van der Waals surface area (Å²) in [4.78, 5) is 12.3. The first-order valence-corrected chi connectivity index (χ1v) is 9.74. The van der Waals surface area contributed by atoms with Crippen LogP contribution in [0.15, 0.2) is 10.8 Å². The zero-order valence-corrected chi connectivity index (χ0v) is 12.6. The summed E-state index contributed by atoms with van der Waals surface area (Å²) in [5, 5.41) is 20.6. The minimum absolute atomic E-state index is 0.131. The normalized spacial score (nSPS) is 29.8. The molecule has 4 heteroatoms. The summed E-state index contributed by atoms with van der Waals surface area (Å²) >= 11 is 0. The molecule has 0 amide bonds. The number of hydrogen-bond donors (Lipinski definition) is 2. The first kappa shape index (κ1) is 14.6. The summed E-state index contributed by atoms with van der Waals surface area (Å²) < 4.78 is 0. The molecule has 3 nitrogen and oxygen atoms in total. The number of aliphatic hydroxyl groups excluding tert-OH is 2. The van der Waals surface area contributed by atoms with Crippen LogP contribution in [0.1, 0.15) is 20.8 Å². The number of rotatable bonds is 3. The summed E-state index contributed by atoms with van der Waals surface area (Å²) in [7, 11) is -1.78. The highest BCUT2D eigenvalue weighted by atomic mass is 28.3. The van der Waals surface area contributed by atoms with Crippen molar-refractivity contribution in [1.29, 1.82) is 0 Å². The van der Waals surface area contributed by atoms with Crippen LogP contribution in [0.2, 0.25) is 19.6 Å². The van der Waals surface area contributed by atoms with Gasteiger partial charge in [0.15, 0.2) is 5.78 Å². The van der Waals surface area contributed by atoms with Gasteiger partial charge in [-0.2, -0.15) is 0 Å². The Labute approximate surface area is 105 Å². The molecule has 0 aromatic carbocycles. The van der Waals surface area contributed by atoms with Crippen molar-refractivity contribution in [3.63, 3.8) is 0 Å². The molecule has 1 rings (SSSR count). The molecule has 0 fully saturated rings. The van der Waals surface area contributed by atoms with Crippen molar-refractivity contribution in [3.05, 3.63) is 10.8 Å². The Morgan fingerprint density at radius 3 is 1.94 bits per heavy atom. The summed E-state index contributed by atoms with van der Waals surface area (Å²) in [5.74, 6) is -0.295. The Hall–Kier alpha value is -0.453. The van der Waals surface area contributed by atoms with Crippen LogP contribution in [0, 0.1) is 11.8 Å². The van der Waals surface area contributed by atoms with Gasteiger partial charge in [-0.1, -0.05) is 26.6 Å². The minimum atomic E-state index is -1.78. The number of carbonyl (C=O) groups excluding carboxylic acids is 1. The van der Waals surface area contributed by atoms with Crippen molar-refractivity contribution in [2.75, 3.05) is 0 Å². The lowest BCUT2D eigenvalue weighted by atomic mass is 9.86. The lowest BCUT2D eigenvalue weighted by molar-refractivity contribution is -0.119. The van der Waals surface area contributed by atoms with Crippen molar-refractivity contribution in [3.8, 4) is 0 Å². The average molecular weight is 256 g/mol. The molecule has 0 aliphatic heterocycles. The summed E-state index contributed by atoms with van der Waals surface area (Å²) in [6, 6.07) is 0. The van der Waals surface area contributed by atoms with Crippen molar-refractivity contribution < 1.29 is 15.0 Å². The van der Waals surface area contributed by atoms with E-state index >= 15 is 0 Å². The lowest BCUT2D eigenvalue weighted by Crippen LogP contribution is -2.30. The first-order chi connectivity index (χ1) is 7.59. The molecule has 0 bridgehead atoms. The molecule has 0 spiro atoms. The predicted octanol–water partition coefficient (Wildman–Crippen LogP) is 1.76. The van der Waals surface area contributed by atoms with Gasteiger partial charge in [0.1, 0.15) is 0 Å². The van der Waals surface area contributed by atoms with Gasteiger partial charge in [0.05, 0.1) is 20.3 Å². The van der Waals surface area contributed by atoms with Crippen LogP contribution in [-0.2, 0) is 4.79 Å². The largest absolute Gasteiger partial charge is 0.393 e. The molecule has 0 radical (unpaired) electrons. The van der Waals surface area contributed by atoms with Crippen molar-refractivity contribution in [2.24, 2.45) is 11.8 Å². The van der Waals surface area contributed by atoms with Gasteiger partial charge in [-0.3, -0.25) is 4.79 Å². The number of ketones is 1. The van der Waals surface area contributed by atoms with E-state index in [-0.39, 0.29) is 17.6 Å². The number of hydrogen-bond acceptors (Lipinski definition) is 3. The Balaban J connectivity index is 3.39. The summed E-state index contributed by atoms with van der Waals surface area (Å²) in [5.41, 5.74) is 0.789. The molecule has 98 valence electrons. The van der Waals surface area contributed by atoms with E-state index in [4.69, 9.17) is 0 Å². The SMILES string of the molecule is CC1C(=O)C([Si](C)(C)C)=C([C@H](C)O)C1[C@H](C)O. The average Bonchev–Trinajstić information content (AvgIpc) is 2.38. The van der Waals surface area contributed by atoms with E-state index in [1.54, 1.807) is 13.8 Å². The fourth-order valence-corrected chi connectivity index (χ4v) is 5.15. The molecule has 1 aliphatic carbocycles. The maximum Gasteiger partial charge on any atom is 0.158 e. The van der Waals surface area contributed by atoms with Gasteiger partial charge in [-0.15, -0.1) is 0 Å². The fourth-order valence-electron chi connectivity index (χ4n) is 2.94. The lowest BCUT2D eigenvalue weighted by Gasteiger charge is -2.25. The van der Waals surface area contributed by atoms with E-state index in [1.165, 1.54) is 0 Å². The maximum atomic E-state index is 12.3. The zero-order valence-electron chi connectivity index (χ0n) is 11.6. The van der Waals surface area contributed by atoms with E-state index in [9.17, 15) is 15.0 Å². The minimum Gasteiger partial charge on any atom is -0.393 e. The molecule has 1 aliphatic rings. The van der Waals surface area contributed by atoms with Crippen LogP contribution in [0.5, 0.6) is 0 Å². The van der Waals surface area contributed by atoms with E-state index in [0.29, 0.717) is 0 Å². The van der Waals surface area contributed by atoms with Crippen LogP contribution < -0.4 is 0 Å². The molecule has 17 heavy (non-hydrogen) atoms. The molecule has 0 aromatic rings. The van der Waals surface area contributed by atoms with Crippen LogP contribution in [0.4, 0.5) is 0 Å². The van der Waals surface area contributed by atoms with Crippen molar-refractivity contribution >= 4 is 13.9 Å². The van der Waals surface area contributed by atoms with Crippen LogP contribution in [0.25, 0.3) is 0 Å². The summed E-state index contributed by atoms with van der Waals surface area (Å²) in [6.07, 6.45) is -1.24. The number of aliphatic hydroxyl groups is 2. The molecule has 0 saturated carbocycles. The Morgan fingerprint density at radius 2 is 1.65 bits per heavy atom. The van der Waals surface area contributed by atoms with Crippen LogP contribution in [0.3, 0.4) is 0 Å². The van der Waals surface area contributed by atoms with E-state index in [2.05, 4.69) is 19.6 Å². The highest BCUT2D eigenvalue weighted by molar-refractivity contribution is 6.87. The smallest absolute Gasteiger partial charge is 0.158 e. The van der Waals surface area contributed by atoms with E-state index in [0.717, 1.165) is 10.8 Å². The predicted molar refractivity (Wildman–Crippen MR) is 71.4 cm³/mol. The van der Waals surface area contributed by atoms with Crippen LogP contribution >= 0.6 is 0 Å². The second-order valence-electron chi connectivity index (χ2n) is 6.18. The monoisotopic (exact) mass is 256 g/mol. The number of Topliss-reactive ketones (excluding diaryl/α,β-unsaturated/α-hetero) is 1. The van der Waals surface area contributed by atoms with Gasteiger partial charge in [0, 0.05) is 11.8 Å². The van der Waals surface area contributed by atoms with Gasteiger partial charge >= 0.3 is 0 Å². The summed E-state index contributed by atoms with van der Waals surface area (Å²) in [6.45, 7) is 11.6. The van der Waals surface area contributed by atoms with Gasteiger partial charge in [-0.05, 0) is 24.6 Å². The third-order valence-corrected chi connectivity index (χ3v) is 5.60. The topological polar surface area (TPSA) is 57.5 Å².